The highest BCUT2D eigenvalue weighted by Crippen LogP contribution is 2.24. The quantitative estimate of drug-likeness (QED) is 0.768. The van der Waals surface area contributed by atoms with Crippen LogP contribution in [0, 0.1) is 0 Å². The molecule has 1 N–H and O–H groups in total. The maximum atomic E-state index is 12.5. The van der Waals surface area contributed by atoms with Gasteiger partial charge in [0.15, 0.2) is 5.65 Å². The van der Waals surface area contributed by atoms with Gasteiger partial charge >= 0.3 is 0 Å². The van der Waals surface area contributed by atoms with Crippen molar-refractivity contribution in [1.82, 2.24) is 19.9 Å². The number of hydrogen-bond acceptors (Lipinski definition) is 4. The first-order valence-corrected chi connectivity index (χ1v) is 9.07. The molecule has 0 aliphatic carbocycles. The molecule has 0 radical (unpaired) electrons. The Balaban J connectivity index is 1.60. The summed E-state index contributed by atoms with van der Waals surface area (Å²) >= 11 is 0. The van der Waals surface area contributed by atoms with E-state index in [-0.39, 0.29) is 12.0 Å². The standard InChI is InChI=1S/C20H22N4O2/c1-2-24-18(23-17-9-4-10-21-19(17)24)14-6-3-7-15(12-14)20(25)22-13-16-8-5-11-26-16/h3-4,6-7,9-10,12,16H,2,5,8,11,13H2,1H3,(H,22,25)/t16-/m1/s1. The number of nitrogens with zero attached hydrogens (tertiary/aromatic N) is 3. The summed E-state index contributed by atoms with van der Waals surface area (Å²) in [6.45, 7) is 4.17. The van der Waals surface area contributed by atoms with Gasteiger partial charge in [-0.15, -0.1) is 0 Å². The number of hydrogen-bond donors (Lipinski definition) is 1. The number of amides is 1. The minimum atomic E-state index is -0.0837. The van der Waals surface area contributed by atoms with Crippen LogP contribution >= 0.6 is 0 Å². The number of aryl methyl sites for hydroxylation is 1. The number of benzene rings is 1. The summed E-state index contributed by atoms with van der Waals surface area (Å²) in [4.78, 5) is 21.7. The van der Waals surface area contributed by atoms with Gasteiger partial charge in [0.1, 0.15) is 11.3 Å². The molecule has 26 heavy (non-hydrogen) atoms. The molecule has 1 aliphatic heterocycles. The molecule has 0 saturated carbocycles. The highest BCUT2D eigenvalue weighted by molar-refractivity contribution is 5.95. The van der Waals surface area contributed by atoms with Crippen LogP contribution in [0.15, 0.2) is 42.6 Å². The van der Waals surface area contributed by atoms with E-state index in [1.807, 2.05) is 36.4 Å². The van der Waals surface area contributed by atoms with E-state index in [0.29, 0.717) is 12.1 Å². The molecule has 0 spiro atoms. The third-order valence-electron chi connectivity index (χ3n) is 4.72. The van der Waals surface area contributed by atoms with Gasteiger partial charge in [-0.05, 0) is 44.0 Å². The van der Waals surface area contributed by atoms with Crippen molar-refractivity contribution in [2.75, 3.05) is 13.2 Å². The normalized spacial score (nSPS) is 16.9. The first-order chi connectivity index (χ1) is 12.8. The van der Waals surface area contributed by atoms with Gasteiger partial charge in [0, 0.05) is 37.0 Å². The van der Waals surface area contributed by atoms with E-state index in [2.05, 4.69) is 21.8 Å². The summed E-state index contributed by atoms with van der Waals surface area (Å²) in [6, 6.07) is 11.4. The summed E-state index contributed by atoms with van der Waals surface area (Å²) in [6.07, 6.45) is 3.98. The lowest BCUT2D eigenvalue weighted by Crippen LogP contribution is -2.31. The molecule has 1 fully saturated rings. The fourth-order valence-electron chi connectivity index (χ4n) is 3.39. The van der Waals surface area contributed by atoms with Gasteiger partial charge in [0.05, 0.1) is 6.10 Å². The van der Waals surface area contributed by atoms with Crippen LogP contribution in [0.25, 0.3) is 22.6 Å². The molecular formula is C20H22N4O2. The maximum Gasteiger partial charge on any atom is 0.251 e. The predicted octanol–water partition coefficient (Wildman–Crippen LogP) is 3.03. The molecule has 3 heterocycles. The van der Waals surface area contributed by atoms with Crippen molar-refractivity contribution >= 4 is 17.1 Å². The van der Waals surface area contributed by atoms with Crippen LogP contribution in [0.5, 0.6) is 0 Å². The van der Waals surface area contributed by atoms with Crippen LogP contribution in [-0.2, 0) is 11.3 Å². The Morgan fingerprint density at radius 2 is 2.27 bits per heavy atom. The fourth-order valence-corrected chi connectivity index (χ4v) is 3.39. The summed E-state index contributed by atoms with van der Waals surface area (Å²) in [5, 5.41) is 2.97. The Morgan fingerprint density at radius 3 is 3.08 bits per heavy atom. The lowest BCUT2D eigenvalue weighted by atomic mass is 10.1. The lowest BCUT2D eigenvalue weighted by Gasteiger charge is -2.11. The minimum absolute atomic E-state index is 0.0837. The number of carbonyl (C=O) groups is 1. The Hall–Kier alpha value is -2.73. The van der Waals surface area contributed by atoms with E-state index in [1.165, 1.54) is 0 Å². The zero-order valence-corrected chi connectivity index (χ0v) is 14.8. The second kappa shape index (κ2) is 7.25. The maximum absolute atomic E-state index is 12.5. The second-order valence-electron chi connectivity index (χ2n) is 6.45. The van der Waals surface area contributed by atoms with Crippen molar-refractivity contribution in [2.24, 2.45) is 0 Å². The number of aromatic nitrogens is 3. The smallest absolute Gasteiger partial charge is 0.251 e. The number of imidazole rings is 1. The number of rotatable bonds is 5. The Labute approximate surface area is 152 Å². The van der Waals surface area contributed by atoms with Crippen molar-refractivity contribution in [1.29, 1.82) is 0 Å². The summed E-state index contributed by atoms with van der Waals surface area (Å²) in [7, 11) is 0. The Kier molecular flexibility index (Phi) is 4.67. The van der Waals surface area contributed by atoms with E-state index < -0.39 is 0 Å². The molecular weight excluding hydrogens is 328 g/mol. The number of fused-ring (bicyclic) bond motifs is 1. The average Bonchev–Trinajstić information content (AvgIpc) is 3.33. The average molecular weight is 350 g/mol. The number of pyridine rings is 1. The van der Waals surface area contributed by atoms with E-state index in [1.54, 1.807) is 6.20 Å². The van der Waals surface area contributed by atoms with Crippen LogP contribution < -0.4 is 5.32 Å². The molecule has 1 atom stereocenters. The van der Waals surface area contributed by atoms with Gasteiger partial charge in [-0.3, -0.25) is 4.79 Å². The number of nitrogens with one attached hydrogen (secondary N) is 1. The Morgan fingerprint density at radius 1 is 1.35 bits per heavy atom. The van der Waals surface area contributed by atoms with E-state index in [4.69, 9.17) is 9.72 Å². The first-order valence-electron chi connectivity index (χ1n) is 9.07. The molecule has 4 rings (SSSR count). The molecule has 1 aromatic carbocycles. The molecule has 2 aromatic heterocycles. The first kappa shape index (κ1) is 16.7. The van der Waals surface area contributed by atoms with Crippen molar-refractivity contribution < 1.29 is 9.53 Å². The largest absolute Gasteiger partial charge is 0.376 e. The topological polar surface area (TPSA) is 69.0 Å². The number of carbonyl (C=O) groups excluding carboxylic acids is 1. The Bertz CT molecular complexity index is 928. The number of ether oxygens (including phenoxy) is 1. The van der Waals surface area contributed by atoms with Gasteiger partial charge in [-0.25, -0.2) is 9.97 Å². The van der Waals surface area contributed by atoms with Crippen molar-refractivity contribution in [3.05, 3.63) is 48.2 Å². The van der Waals surface area contributed by atoms with E-state index in [0.717, 1.165) is 48.5 Å². The van der Waals surface area contributed by atoms with E-state index >= 15 is 0 Å². The van der Waals surface area contributed by atoms with Crippen LogP contribution in [0.2, 0.25) is 0 Å². The zero-order chi connectivity index (χ0) is 17.9. The molecule has 6 nitrogen and oxygen atoms in total. The summed E-state index contributed by atoms with van der Waals surface area (Å²) in [5.74, 6) is 0.745. The highest BCUT2D eigenvalue weighted by Gasteiger charge is 2.18. The highest BCUT2D eigenvalue weighted by atomic mass is 16.5. The van der Waals surface area contributed by atoms with Crippen LogP contribution in [0.4, 0.5) is 0 Å². The monoisotopic (exact) mass is 350 g/mol. The van der Waals surface area contributed by atoms with E-state index in [9.17, 15) is 4.79 Å². The molecule has 1 saturated heterocycles. The minimum Gasteiger partial charge on any atom is -0.376 e. The third-order valence-corrected chi connectivity index (χ3v) is 4.72. The van der Waals surface area contributed by atoms with Crippen molar-refractivity contribution in [3.63, 3.8) is 0 Å². The van der Waals surface area contributed by atoms with Crippen LogP contribution in [-0.4, -0.2) is 39.7 Å². The molecule has 1 amide bonds. The van der Waals surface area contributed by atoms with Crippen LogP contribution in [0.3, 0.4) is 0 Å². The summed E-state index contributed by atoms with van der Waals surface area (Å²) < 4.78 is 7.63. The van der Waals surface area contributed by atoms with Gasteiger partial charge in [-0.2, -0.15) is 0 Å². The molecule has 3 aromatic rings. The fraction of sp³-hybridized carbons (Fsp3) is 0.350. The van der Waals surface area contributed by atoms with Crippen molar-refractivity contribution in [3.8, 4) is 11.4 Å². The predicted molar refractivity (Wildman–Crippen MR) is 99.9 cm³/mol. The molecule has 1 aliphatic rings. The SMILES string of the molecule is CCn1c(-c2cccc(C(=O)NC[C@H]3CCCO3)c2)nc2cccnc21. The van der Waals surface area contributed by atoms with Gasteiger partial charge in [0.25, 0.3) is 5.91 Å². The van der Waals surface area contributed by atoms with Gasteiger partial charge in [-0.1, -0.05) is 12.1 Å². The van der Waals surface area contributed by atoms with Crippen molar-refractivity contribution in [2.45, 2.75) is 32.4 Å². The molecule has 0 unspecified atom stereocenters. The molecule has 134 valence electrons. The van der Waals surface area contributed by atoms with Crippen LogP contribution in [0.1, 0.15) is 30.1 Å². The summed E-state index contributed by atoms with van der Waals surface area (Å²) in [5.41, 5.74) is 3.26. The van der Waals surface area contributed by atoms with Gasteiger partial charge < -0.3 is 14.6 Å². The zero-order valence-electron chi connectivity index (χ0n) is 14.8. The molecule has 0 bridgehead atoms. The second-order valence-corrected chi connectivity index (χ2v) is 6.45. The third kappa shape index (κ3) is 3.20. The molecule has 6 heteroatoms. The lowest BCUT2D eigenvalue weighted by molar-refractivity contribution is 0.0858. The van der Waals surface area contributed by atoms with Gasteiger partial charge in [0.2, 0.25) is 0 Å².